The van der Waals surface area contributed by atoms with E-state index >= 15 is 0 Å². The average Bonchev–Trinajstić information content (AvgIpc) is 2.77. The molecular weight excluding hydrogens is 392 g/mol. The van der Waals surface area contributed by atoms with Gasteiger partial charge < -0.3 is 25.2 Å². The Morgan fingerprint density at radius 1 is 0.484 bits per heavy atom. The Morgan fingerprint density at radius 2 is 0.806 bits per heavy atom. The molecule has 0 aromatic heterocycles. The van der Waals surface area contributed by atoms with Gasteiger partial charge >= 0.3 is 0 Å². The second-order valence-electron chi connectivity index (χ2n) is 6.59. The highest BCUT2D eigenvalue weighted by atomic mass is 16.5. The van der Waals surface area contributed by atoms with Crippen molar-refractivity contribution in [1.29, 1.82) is 0 Å². The van der Waals surface area contributed by atoms with Crippen LogP contribution in [0.5, 0.6) is 23.0 Å². The summed E-state index contributed by atoms with van der Waals surface area (Å²) in [6.45, 7) is 5.67. The van der Waals surface area contributed by atoms with E-state index in [2.05, 4.69) is 0 Å². The topological polar surface area (TPSA) is 90.2 Å². The number of fused-ring (bicyclic) bond motifs is 1. The summed E-state index contributed by atoms with van der Waals surface area (Å²) >= 11 is 0. The molecule has 0 saturated heterocycles. The molecule has 4 aromatic rings. The third-order valence-corrected chi connectivity index (χ3v) is 4.28. The highest BCUT2D eigenvalue weighted by molar-refractivity contribution is 5.85. The lowest BCUT2D eigenvalue weighted by atomic mass is 10.1. The fourth-order valence-corrected chi connectivity index (χ4v) is 2.73. The molecule has 4 aromatic carbocycles. The van der Waals surface area contributed by atoms with Crippen molar-refractivity contribution in [2.24, 2.45) is 0 Å². The molecular formula is C26H28O5. The van der Waals surface area contributed by atoms with E-state index in [0.29, 0.717) is 0 Å². The highest BCUT2D eigenvalue weighted by Crippen LogP contribution is 2.24. The van der Waals surface area contributed by atoms with E-state index in [1.54, 1.807) is 60.7 Å². The van der Waals surface area contributed by atoms with Crippen molar-refractivity contribution < 1.29 is 25.2 Å². The molecule has 0 unspecified atom stereocenters. The lowest BCUT2D eigenvalue weighted by Crippen LogP contribution is -1.84. The predicted molar refractivity (Wildman–Crippen MR) is 125 cm³/mol. The summed E-state index contributed by atoms with van der Waals surface area (Å²) in [6.07, 6.45) is 0. The molecule has 0 aliphatic rings. The fraction of sp³-hybridized carbons (Fsp3) is 0.154. The standard InChI is InChI=1S/C12H10O2.C10H8O2.C4H10O/c13-11-5-1-9(2-6-11)10-3-7-12(14)8-4-10;11-9-3-1-7-5-10(12)4-2-8(7)6-9;1-3-5-4-2/h1-8,13-14H;1-6,11-12H;3-4H2,1-2H3. The quantitative estimate of drug-likeness (QED) is 0.323. The van der Waals surface area contributed by atoms with Gasteiger partial charge in [-0.1, -0.05) is 36.4 Å². The minimum Gasteiger partial charge on any atom is -0.508 e. The maximum Gasteiger partial charge on any atom is 0.116 e. The van der Waals surface area contributed by atoms with Crippen LogP contribution >= 0.6 is 0 Å². The molecule has 0 radical (unpaired) electrons. The van der Waals surface area contributed by atoms with Gasteiger partial charge in [-0.2, -0.15) is 0 Å². The lowest BCUT2D eigenvalue weighted by Gasteiger charge is -2.01. The van der Waals surface area contributed by atoms with Crippen LogP contribution in [0.3, 0.4) is 0 Å². The van der Waals surface area contributed by atoms with Crippen molar-refractivity contribution >= 4 is 10.8 Å². The second kappa shape index (κ2) is 12.1. The molecule has 4 rings (SSSR count). The van der Waals surface area contributed by atoms with Crippen molar-refractivity contribution in [3.63, 3.8) is 0 Å². The average molecular weight is 421 g/mol. The van der Waals surface area contributed by atoms with Crippen LogP contribution in [0.1, 0.15) is 13.8 Å². The monoisotopic (exact) mass is 420 g/mol. The third-order valence-electron chi connectivity index (χ3n) is 4.28. The van der Waals surface area contributed by atoms with Gasteiger partial charge in [0.25, 0.3) is 0 Å². The molecule has 0 saturated carbocycles. The molecule has 0 amide bonds. The largest absolute Gasteiger partial charge is 0.508 e. The Labute approximate surface area is 182 Å². The molecule has 0 fully saturated rings. The van der Waals surface area contributed by atoms with Crippen molar-refractivity contribution in [2.45, 2.75) is 13.8 Å². The van der Waals surface area contributed by atoms with Gasteiger partial charge in [0.1, 0.15) is 23.0 Å². The van der Waals surface area contributed by atoms with E-state index in [1.165, 1.54) is 0 Å². The van der Waals surface area contributed by atoms with E-state index in [-0.39, 0.29) is 23.0 Å². The predicted octanol–water partition coefficient (Wildman–Crippen LogP) is 6.06. The number of phenolic OH excluding ortho intramolecular Hbond substituents is 4. The van der Waals surface area contributed by atoms with Crippen LogP contribution in [0, 0.1) is 0 Å². The Bertz CT molecular complexity index is 971. The molecule has 0 aliphatic heterocycles. The first kappa shape index (κ1) is 23.6. The second-order valence-corrected chi connectivity index (χ2v) is 6.59. The lowest BCUT2D eigenvalue weighted by molar-refractivity contribution is 0.162. The Morgan fingerprint density at radius 3 is 1.10 bits per heavy atom. The molecule has 162 valence electrons. The van der Waals surface area contributed by atoms with E-state index in [4.69, 9.17) is 25.2 Å². The van der Waals surface area contributed by atoms with Crippen LogP contribution in [-0.2, 0) is 4.74 Å². The molecule has 5 heteroatoms. The van der Waals surface area contributed by atoms with Gasteiger partial charge in [0, 0.05) is 13.2 Å². The maximum absolute atomic E-state index is 9.14. The summed E-state index contributed by atoms with van der Waals surface area (Å²) in [6, 6.07) is 24.0. The minimum atomic E-state index is 0.244. The molecule has 4 N–H and O–H groups in total. The van der Waals surface area contributed by atoms with Crippen LogP contribution in [0.25, 0.3) is 21.9 Å². The molecule has 5 nitrogen and oxygen atoms in total. The fourth-order valence-electron chi connectivity index (χ4n) is 2.73. The number of hydrogen-bond acceptors (Lipinski definition) is 5. The van der Waals surface area contributed by atoms with Gasteiger partial charge in [0.15, 0.2) is 0 Å². The SMILES string of the molecule is CCOCC.Oc1ccc(-c2ccc(O)cc2)cc1.Oc1ccc2cc(O)ccc2c1. The zero-order valence-corrected chi connectivity index (χ0v) is 17.7. The summed E-state index contributed by atoms with van der Waals surface area (Å²) < 4.78 is 4.83. The smallest absolute Gasteiger partial charge is 0.116 e. The van der Waals surface area contributed by atoms with Crippen LogP contribution in [0.4, 0.5) is 0 Å². The summed E-state index contributed by atoms with van der Waals surface area (Å²) in [4.78, 5) is 0. The molecule has 31 heavy (non-hydrogen) atoms. The molecule has 0 heterocycles. The van der Waals surface area contributed by atoms with Gasteiger partial charge in [-0.25, -0.2) is 0 Å². The first-order valence-electron chi connectivity index (χ1n) is 10.0. The van der Waals surface area contributed by atoms with E-state index < -0.39 is 0 Å². The first-order valence-corrected chi connectivity index (χ1v) is 10.0. The zero-order valence-electron chi connectivity index (χ0n) is 17.7. The van der Waals surface area contributed by atoms with Crippen molar-refractivity contribution in [3.8, 4) is 34.1 Å². The van der Waals surface area contributed by atoms with Gasteiger partial charge in [-0.3, -0.25) is 0 Å². The van der Waals surface area contributed by atoms with Gasteiger partial charge in [-0.15, -0.1) is 0 Å². The summed E-state index contributed by atoms with van der Waals surface area (Å²) in [7, 11) is 0. The number of hydrogen-bond donors (Lipinski definition) is 4. The normalized spacial score (nSPS) is 9.87. The minimum absolute atomic E-state index is 0.244. The first-order chi connectivity index (χ1) is 14.9. The number of benzene rings is 4. The number of aromatic hydroxyl groups is 4. The van der Waals surface area contributed by atoms with Crippen LogP contribution in [0.15, 0.2) is 84.9 Å². The summed E-state index contributed by atoms with van der Waals surface area (Å²) in [5.41, 5.74) is 2.03. The number of rotatable bonds is 3. The van der Waals surface area contributed by atoms with Crippen LogP contribution in [0.2, 0.25) is 0 Å². The Hall–Kier alpha value is -3.70. The third kappa shape index (κ3) is 7.91. The Balaban J connectivity index is 0.000000184. The van der Waals surface area contributed by atoms with E-state index in [1.807, 2.05) is 38.1 Å². The molecule has 0 spiro atoms. The van der Waals surface area contributed by atoms with Crippen LogP contribution < -0.4 is 0 Å². The van der Waals surface area contributed by atoms with Gasteiger partial charge in [0.05, 0.1) is 0 Å². The van der Waals surface area contributed by atoms with E-state index in [9.17, 15) is 0 Å². The van der Waals surface area contributed by atoms with Crippen molar-refractivity contribution in [2.75, 3.05) is 13.2 Å². The van der Waals surface area contributed by atoms with Crippen LogP contribution in [-0.4, -0.2) is 33.6 Å². The number of ether oxygens (including phenoxy) is 1. The molecule has 0 aliphatic carbocycles. The Kier molecular flexibility index (Phi) is 9.20. The van der Waals surface area contributed by atoms with Crippen molar-refractivity contribution in [3.05, 3.63) is 84.9 Å². The summed E-state index contributed by atoms with van der Waals surface area (Å²) in [5, 5.41) is 38.3. The maximum atomic E-state index is 9.14. The number of phenols is 4. The molecule has 0 atom stereocenters. The van der Waals surface area contributed by atoms with Crippen molar-refractivity contribution in [1.82, 2.24) is 0 Å². The van der Waals surface area contributed by atoms with Gasteiger partial charge in [0.2, 0.25) is 0 Å². The zero-order chi connectivity index (χ0) is 22.6. The highest BCUT2D eigenvalue weighted by Gasteiger charge is 1.97. The molecule has 0 bridgehead atoms. The van der Waals surface area contributed by atoms with E-state index in [0.717, 1.165) is 35.1 Å². The summed E-state index contributed by atoms with van der Waals surface area (Å²) in [5.74, 6) is 1.00. The van der Waals surface area contributed by atoms with Gasteiger partial charge in [-0.05, 0) is 84.3 Å².